The minimum atomic E-state index is -0.567. The van der Waals surface area contributed by atoms with Gasteiger partial charge in [0, 0.05) is 0 Å². The first-order chi connectivity index (χ1) is 12.7. The van der Waals surface area contributed by atoms with Crippen molar-refractivity contribution in [3.05, 3.63) is 0 Å². The Morgan fingerprint density at radius 2 is 1.12 bits per heavy atom. The average Bonchev–Trinajstić information content (AvgIpc) is 2.64. The summed E-state index contributed by atoms with van der Waals surface area (Å²) in [6.45, 7) is 6.70. The second-order valence-electron chi connectivity index (χ2n) is 8.37. The van der Waals surface area contributed by atoms with Gasteiger partial charge in [0.1, 0.15) is 0 Å². The van der Waals surface area contributed by atoms with Crippen LogP contribution in [0.15, 0.2) is 0 Å². The van der Waals surface area contributed by atoms with Crippen molar-refractivity contribution in [3.63, 3.8) is 0 Å². The number of carboxylic acid groups (broad SMARTS) is 1. The van der Waals surface area contributed by atoms with Gasteiger partial charge in [0.15, 0.2) is 0 Å². The van der Waals surface area contributed by atoms with Gasteiger partial charge in [0.05, 0.1) is 5.92 Å². The summed E-state index contributed by atoms with van der Waals surface area (Å²) in [4.78, 5) is 11.6. The Morgan fingerprint density at radius 3 is 1.54 bits per heavy atom. The van der Waals surface area contributed by atoms with Gasteiger partial charge in [-0.05, 0) is 18.8 Å². The van der Waals surface area contributed by atoms with Crippen LogP contribution in [-0.4, -0.2) is 11.1 Å². The Bertz CT molecular complexity index is 301. The second-order valence-corrected chi connectivity index (χ2v) is 8.37. The molecule has 0 heterocycles. The fraction of sp³-hybridized carbons (Fsp3) is 0.958. The van der Waals surface area contributed by atoms with E-state index < -0.39 is 5.97 Å². The third-order valence-electron chi connectivity index (χ3n) is 5.92. The zero-order chi connectivity index (χ0) is 19.5. The molecule has 0 aliphatic rings. The van der Waals surface area contributed by atoms with Crippen LogP contribution in [-0.2, 0) is 4.79 Å². The van der Waals surface area contributed by atoms with Crippen LogP contribution in [0.2, 0.25) is 0 Å². The van der Waals surface area contributed by atoms with Gasteiger partial charge in [0.25, 0.3) is 0 Å². The zero-order valence-corrected chi connectivity index (χ0v) is 18.2. The highest BCUT2D eigenvalue weighted by Crippen LogP contribution is 2.25. The molecule has 0 aromatic heterocycles. The summed E-state index contributed by atoms with van der Waals surface area (Å²) in [5, 5.41) is 9.52. The molecule has 0 aromatic carbocycles. The van der Waals surface area contributed by atoms with Crippen molar-refractivity contribution in [2.75, 3.05) is 0 Å². The molecule has 2 atom stereocenters. The van der Waals surface area contributed by atoms with E-state index in [1.54, 1.807) is 0 Å². The Hall–Kier alpha value is -0.530. The molecule has 0 aromatic rings. The monoisotopic (exact) mass is 368 g/mol. The normalized spacial score (nSPS) is 13.7. The molecule has 0 bridgehead atoms. The molecule has 0 amide bonds. The van der Waals surface area contributed by atoms with E-state index in [-0.39, 0.29) is 5.92 Å². The summed E-state index contributed by atoms with van der Waals surface area (Å²) in [5.74, 6) is -0.0728. The minimum Gasteiger partial charge on any atom is -0.481 e. The maximum atomic E-state index is 11.6. The highest BCUT2D eigenvalue weighted by Gasteiger charge is 2.21. The summed E-state index contributed by atoms with van der Waals surface area (Å²) >= 11 is 0. The van der Waals surface area contributed by atoms with Crippen LogP contribution in [0.1, 0.15) is 136 Å². The van der Waals surface area contributed by atoms with E-state index in [4.69, 9.17) is 0 Å². The molecule has 0 saturated carbocycles. The smallest absolute Gasteiger partial charge is 0.306 e. The third kappa shape index (κ3) is 15.7. The van der Waals surface area contributed by atoms with Crippen LogP contribution in [0, 0.1) is 11.8 Å². The molecule has 0 aliphatic carbocycles. The predicted octanol–water partition coefficient (Wildman–Crippen LogP) is 8.38. The molecule has 2 heteroatoms. The second kappa shape index (κ2) is 19.2. The summed E-state index contributed by atoms with van der Waals surface area (Å²) in [6, 6.07) is 0. The molecule has 1 N–H and O–H groups in total. The third-order valence-corrected chi connectivity index (χ3v) is 5.92. The molecule has 0 rings (SSSR count). The molecule has 2 unspecified atom stereocenters. The summed E-state index contributed by atoms with van der Waals surface area (Å²) in [7, 11) is 0. The predicted molar refractivity (Wildman–Crippen MR) is 115 cm³/mol. The Balaban J connectivity index is 3.64. The van der Waals surface area contributed by atoms with Gasteiger partial charge in [-0.3, -0.25) is 4.79 Å². The number of hydrogen-bond acceptors (Lipinski definition) is 1. The van der Waals surface area contributed by atoms with Crippen LogP contribution in [0.5, 0.6) is 0 Å². The highest BCUT2D eigenvalue weighted by molar-refractivity contribution is 5.69. The molecular weight excluding hydrogens is 320 g/mol. The number of hydrogen-bond donors (Lipinski definition) is 1. The van der Waals surface area contributed by atoms with Gasteiger partial charge in [0.2, 0.25) is 0 Å². The van der Waals surface area contributed by atoms with Gasteiger partial charge in [-0.1, -0.05) is 124 Å². The summed E-state index contributed by atoms with van der Waals surface area (Å²) in [5.41, 5.74) is 0. The fourth-order valence-corrected chi connectivity index (χ4v) is 3.96. The van der Waals surface area contributed by atoms with E-state index in [1.165, 1.54) is 89.9 Å². The standard InChI is InChI=1S/C24H48O2/c1-4-7-9-10-11-12-13-14-15-16-17-18-20-23(24(25)26)21-22(6-3)19-8-5-2/h22-23H,4-21H2,1-3H3,(H,25,26). The molecule has 0 spiro atoms. The number of rotatable bonds is 20. The maximum absolute atomic E-state index is 11.6. The molecule has 0 aliphatic heterocycles. The molecule has 0 saturated heterocycles. The van der Waals surface area contributed by atoms with E-state index in [9.17, 15) is 9.90 Å². The van der Waals surface area contributed by atoms with Crippen molar-refractivity contribution in [1.29, 1.82) is 0 Å². The lowest BCUT2D eigenvalue weighted by Gasteiger charge is -2.19. The summed E-state index contributed by atoms with van der Waals surface area (Å²) < 4.78 is 0. The van der Waals surface area contributed by atoms with Crippen molar-refractivity contribution in [2.24, 2.45) is 11.8 Å². The van der Waals surface area contributed by atoms with Crippen molar-refractivity contribution in [2.45, 2.75) is 136 Å². The Labute approximate surface area is 164 Å². The number of aliphatic carboxylic acids is 1. The van der Waals surface area contributed by atoms with E-state index in [2.05, 4.69) is 20.8 Å². The maximum Gasteiger partial charge on any atom is 0.306 e. The first-order valence-electron chi connectivity index (χ1n) is 11.9. The van der Waals surface area contributed by atoms with E-state index in [1.807, 2.05) is 0 Å². The van der Waals surface area contributed by atoms with E-state index in [0.717, 1.165) is 25.7 Å². The molecule has 26 heavy (non-hydrogen) atoms. The van der Waals surface area contributed by atoms with Crippen LogP contribution < -0.4 is 0 Å². The van der Waals surface area contributed by atoms with Crippen molar-refractivity contribution in [1.82, 2.24) is 0 Å². The average molecular weight is 369 g/mol. The van der Waals surface area contributed by atoms with Crippen LogP contribution in [0.3, 0.4) is 0 Å². The summed E-state index contributed by atoms with van der Waals surface area (Å²) in [6.07, 6.45) is 22.6. The van der Waals surface area contributed by atoms with Gasteiger partial charge < -0.3 is 5.11 Å². The number of unbranched alkanes of at least 4 members (excludes halogenated alkanes) is 12. The van der Waals surface area contributed by atoms with Crippen molar-refractivity contribution in [3.8, 4) is 0 Å². The lowest BCUT2D eigenvalue weighted by Crippen LogP contribution is -2.18. The van der Waals surface area contributed by atoms with Crippen LogP contribution >= 0.6 is 0 Å². The minimum absolute atomic E-state index is 0.111. The van der Waals surface area contributed by atoms with Crippen LogP contribution in [0.4, 0.5) is 0 Å². The highest BCUT2D eigenvalue weighted by atomic mass is 16.4. The van der Waals surface area contributed by atoms with Gasteiger partial charge in [-0.25, -0.2) is 0 Å². The molecule has 0 fully saturated rings. The van der Waals surface area contributed by atoms with E-state index >= 15 is 0 Å². The van der Waals surface area contributed by atoms with Crippen molar-refractivity contribution >= 4 is 5.97 Å². The Morgan fingerprint density at radius 1 is 0.654 bits per heavy atom. The lowest BCUT2D eigenvalue weighted by atomic mass is 9.86. The van der Waals surface area contributed by atoms with Gasteiger partial charge in [-0.2, -0.15) is 0 Å². The van der Waals surface area contributed by atoms with Gasteiger partial charge in [-0.15, -0.1) is 0 Å². The zero-order valence-electron chi connectivity index (χ0n) is 18.2. The van der Waals surface area contributed by atoms with E-state index in [0.29, 0.717) is 5.92 Å². The van der Waals surface area contributed by atoms with Crippen LogP contribution in [0.25, 0.3) is 0 Å². The van der Waals surface area contributed by atoms with Gasteiger partial charge >= 0.3 is 5.97 Å². The SMILES string of the molecule is CCCCCCCCCCCCCCC(CC(CC)CCCC)C(=O)O. The molecule has 2 nitrogen and oxygen atoms in total. The first-order valence-corrected chi connectivity index (χ1v) is 11.9. The quantitative estimate of drug-likeness (QED) is 0.219. The first kappa shape index (κ1) is 25.5. The lowest BCUT2D eigenvalue weighted by molar-refractivity contribution is -0.142. The topological polar surface area (TPSA) is 37.3 Å². The molecule has 156 valence electrons. The molecule has 0 radical (unpaired) electrons. The van der Waals surface area contributed by atoms with Crippen molar-refractivity contribution < 1.29 is 9.90 Å². The number of carbonyl (C=O) groups is 1. The fourth-order valence-electron chi connectivity index (χ4n) is 3.96. The molecular formula is C24H48O2. The number of carboxylic acids is 1. The Kier molecular flexibility index (Phi) is 18.8. The largest absolute Gasteiger partial charge is 0.481 e.